The Morgan fingerprint density at radius 1 is 1.44 bits per heavy atom. The lowest BCUT2D eigenvalue weighted by molar-refractivity contribution is 0.395. The number of rotatable bonds is 0. The van der Waals surface area contributed by atoms with E-state index in [1.165, 1.54) is 11.3 Å². The smallest absolute Gasteiger partial charge is 0.0991 e. The molecule has 0 bridgehead atoms. The summed E-state index contributed by atoms with van der Waals surface area (Å²) in [6.07, 6.45) is 1.13. The van der Waals surface area contributed by atoms with E-state index in [1.54, 1.807) is 0 Å². The summed E-state index contributed by atoms with van der Waals surface area (Å²) in [4.78, 5) is 2.32. The van der Waals surface area contributed by atoms with E-state index in [0.717, 1.165) is 12.0 Å². The zero-order chi connectivity index (χ0) is 11.9. The van der Waals surface area contributed by atoms with E-state index in [4.69, 9.17) is 5.26 Å². The van der Waals surface area contributed by atoms with Gasteiger partial charge in [0.15, 0.2) is 0 Å². The number of nitrogens with zero attached hydrogens (tertiary/aromatic N) is 2. The van der Waals surface area contributed by atoms with E-state index >= 15 is 0 Å². The van der Waals surface area contributed by atoms with Crippen LogP contribution in [0.2, 0.25) is 0 Å². The standard InChI is InChI=1S/C14H18N2/c1-10-8-14(2,3)16(4)13-6-5-11(9-15)7-12(10)13/h5-7,10H,8H2,1-4H3/t10-/m0/s1. The van der Waals surface area contributed by atoms with E-state index in [2.05, 4.69) is 44.9 Å². The lowest BCUT2D eigenvalue weighted by Gasteiger charge is -2.45. The van der Waals surface area contributed by atoms with Crippen LogP contribution in [0.5, 0.6) is 0 Å². The van der Waals surface area contributed by atoms with E-state index in [1.807, 2.05) is 12.1 Å². The summed E-state index contributed by atoms with van der Waals surface area (Å²) in [5, 5.41) is 8.93. The molecule has 0 radical (unpaired) electrons. The van der Waals surface area contributed by atoms with Crippen molar-refractivity contribution in [1.29, 1.82) is 5.26 Å². The fourth-order valence-corrected chi connectivity index (χ4v) is 2.65. The van der Waals surface area contributed by atoms with Crippen LogP contribution in [-0.4, -0.2) is 12.6 Å². The van der Waals surface area contributed by atoms with Crippen LogP contribution < -0.4 is 4.90 Å². The first-order valence-corrected chi connectivity index (χ1v) is 5.73. The van der Waals surface area contributed by atoms with Gasteiger partial charge < -0.3 is 4.90 Å². The lowest BCUT2D eigenvalue weighted by atomic mass is 9.80. The maximum atomic E-state index is 8.93. The van der Waals surface area contributed by atoms with Gasteiger partial charge in [0, 0.05) is 18.3 Å². The molecule has 0 N–H and O–H groups in total. The molecule has 0 aliphatic carbocycles. The molecular weight excluding hydrogens is 196 g/mol. The lowest BCUT2D eigenvalue weighted by Crippen LogP contribution is -2.45. The molecule has 1 aromatic rings. The van der Waals surface area contributed by atoms with Gasteiger partial charge in [0.1, 0.15) is 0 Å². The Balaban J connectivity index is 2.55. The SMILES string of the molecule is C[C@H]1CC(C)(C)N(C)c2ccc(C#N)cc21. The highest BCUT2D eigenvalue weighted by Crippen LogP contribution is 2.42. The molecule has 1 atom stereocenters. The first-order valence-electron chi connectivity index (χ1n) is 5.73. The molecule has 0 spiro atoms. The number of hydrogen-bond acceptors (Lipinski definition) is 2. The predicted octanol–water partition coefficient (Wildman–Crippen LogP) is 3.28. The van der Waals surface area contributed by atoms with Gasteiger partial charge in [-0.05, 0) is 49.9 Å². The van der Waals surface area contributed by atoms with Crippen molar-refractivity contribution in [3.05, 3.63) is 29.3 Å². The number of benzene rings is 1. The molecule has 0 saturated carbocycles. The minimum Gasteiger partial charge on any atom is -0.369 e. The molecule has 1 heterocycles. The van der Waals surface area contributed by atoms with Crippen molar-refractivity contribution in [2.75, 3.05) is 11.9 Å². The second-order valence-corrected chi connectivity index (χ2v) is 5.36. The minimum absolute atomic E-state index is 0.195. The van der Waals surface area contributed by atoms with Crippen molar-refractivity contribution < 1.29 is 0 Å². The third-order valence-corrected chi connectivity index (χ3v) is 3.76. The van der Waals surface area contributed by atoms with E-state index in [-0.39, 0.29) is 5.54 Å². The molecule has 0 aromatic heterocycles. The Hall–Kier alpha value is -1.49. The third-order valence-electron chi connectivity index (χ3n) is 3.76. The number of fused-ring (bicyclic) bond motifs is 1. The van der Waals surface area contributed by atoms with Crippen molar-refractivity contribution in [2.45, 2.75) is 38.6 Å². The molecule has 2 heteroatoms. The van der Waals surface area contributed by atoms with Gasteiger partial charge in [-0.15, -0.1) is 0 Å². The summed E-state index contributed by atoms with van der Waals surface area (Å²) in [5.74, 6) is 0.523. The highest BCUT2D eigenvalue weighted by molar-refractivity contribution is 5.61. The molecule has 84 valence electrons. The average Bonchev–Trinajstić information content (AvgIpc) is 2.25. The Labute approximate surface area is 97.5 Å². The van der Waals surface area contributed by atoms with Crippen molar-refractivity contribution in [3.8, 4) is 6.07 Å². The first kappa shape index (κ1) is 11.0. The summed E-state index contributed by atoms with van der Waals surface area (Å²) in [6.45, 7) is 6.78. The summed E-state index contributed by atoms with van der Waals surface area (Å²) in [7, 11) is 2.14. The Kier molecular flexibility index (Phi) is 2.42. The number of nitriles is 1. The molecule has 2 nitrogen and oxygen atoms in total. The average molecular weight is 214 g/mol. The quantitative estimate of drug-likeness (QED) is 0.662. The van der Waals surface area contributed by atoms with Crippen LogP contribution in [0.1, 0.15) is 44.2 Å². The largest absolute Gasteiger partial charge is 0.369 e. The molecule has 1 aliphatic heterocycles. The molecule has 1 aliphatic rings. The van der Waals surface area contributed by atoms with Gasteiger partial charge in [-0.3, -0.25) is 0 Å². The van der Waals surface area contributed by atoms with Gasteiger partial charge in [0.2, 0.25) is 0 Å². The van der Waals surface area contributed by atoms with Gasteiger partial charge in [-0.25, -0.2) is 0 Å². The molecule has 0 unspecified atom stereocenters. The normalized spacial score (nSPS) is 22.4. The second kappa shape index (κ2) is 3.52. The van der Waals surface area contributed by atoms with Gasteiger partial charge in [0.05, 0.1) is 11.6 Å². The number of anilines is 1. The first-order chi connectivity index (χ1) is 7.45. The third kappa shape index (κ3) is 1.57. The molecule has 2 rings (SSSR count). The summed E-state index contributed by atoms with van der Waals surface area (Å²) < 4.78 is 0. The molecule has 0 fully saturated rings. The van der Waals surface area contributed by atoms with Crippen LogP contribution in [0.25, 0.3) is 0 Å². The molecule has 16 heavy (non-hydrogen) atoms. The predicted molar refractivity (Wildman–Crippen MR) is 66.7 cm³/mol. The maximum Gasteiger partial charge on any atom is 0.0991 e. The van der Waals surface area contributed by atoms with Crippen molar-refractivity contribution in [2.24, 2.45) is 0 Å². The van der Waals surface area contributed by atoms with Crippen molar-refractivity contribution in [1.82, 2.24) is 0 Å². The van der Waals surface area contributed by atoms with Gasteiger partial charge in [-0.2, -0.15) is 5.26 Å². The Morgan fingerprint density at radius 3 is 2.75 bits per heavy atom. The van der Waals surface area contributed by atoms with Crippen LogP contribution in [-0.2, 0) is 0 Å². The van der Waals surface area contributed by atoms with Gasteiger partial charge in [0.25, 0.3) is 0 Å². The number of hydrogen-bond donors (Lipinski definition) is 0. The zero-order valence-corrected chi connectivity index (χ0v) is 10.4. The van der Waals surface area contributed by atoms with Gasteiger partial charge >= 0.3 is 0 Å². The van der Waals surface area contributed by atoms with E-state index < -0.39 is 0 Å². The highest BCUT2D eigenvalue weighted by atomic mass is 15.2. The highest BCUT2D eigenvalue weighted by Gasteiger charge is 2.33. The van der Waals surface area contributed by atoms with Crippen molar-refractivity contribution in [3.63, 3.8) is 0 Å². The van der Waals surface area contributed by atoms with Crippen LogP contribution in [0, 0.1) is 11.3 Å². The maximum absolute atomic E-state index is 8.93. The van der Waals surface area contributed by atoms with Crippen LogP contribution in [0.15, 0.2) is 18.2 Å². The Morgan fingerprint density at radius 2 is 2.12 bits per heavy atom. The van der Waals surface area contributed by atoms with E-state index in [9.17, 15) is 0 Å². The fourth-order valence-electron chi connectivity index (χ4n) is 2.65. The topological polar surface area (TPSA) is 27.0 Å². The minimum atomic E-state index is 0.195. The van der Waals surface area contributed by atoms with Crippen LogP contribution in [0.4, 0.5) is 5.69 Å². The molecule has 1 aromatic carbocycles. The Bertz CT molecular complexity index is 454. The molecule has 0 saturated heterocycles. The van der Waals surface area contributed by atoms with E-state index in [0.29, 0.717) is 5.92 Å². The molecular formula is C14H18N2. The monoisotopic (exact) mass is 214 g/mol. The van der Waals surface area contributed by atoms with Gasteiger partial charge in [-0.1, -0.05) is 6.92 Å². The summed E-state index contributed by atoms with van der Waals surface area (Å²) >= 11 is 0. The van der Waals surface area contributed by atoms with Crippen LogP contribution in [0.3, 0.4) is 0 Å². The second-order valence-electron chi connectivity index (χ2n) is 5.36. The summed E-state index contributed by atoms with van der Waals surface area (Å²) in [6, 6.07) is 8.23. The zero-order valence-electron chi connectivity index (χ0n) is 10.4. The molecule has 0 amide bonds. The fraction of sp³-hybridized carbons (Fsp3) is 0.500. The van der Waals surface area contributed by atoms with Crippen LogP contribution >= 0.6 is 0 Å². The summed E-state index contributed by atoms with van der Waals surface area (Å²) in [5.41, 5.74) is 3.53. The van der Waals surface area contributed by atoms with Crippen molar-refractivity contribution >= 4 is 5.69 Å².